The summed E-state index contributed by atoms with van der Waals surface area (Å²) >= 11 is 0. The molecule has 6 heteroatoms. The lowest BCUT2D eigenvalue weighted by Gasteiger charge is -2.40. The number of aliphatic hydroxyl groups excluding tert-OH is 1. The van der Waals surface area contributed by atoms with E-state index in [2.05, 4.69) is 40.4 Å². The maximum atomic E-state index is 10.1. The highest BCUT2D eigenvalue weighted by molar-refractivity contribution is 6.74. The monoisotopic (exact) mass is 348 g/mol. The maximum absolute atomic E-state index is 10.1. The highest BCUT2D eigenvalue weighted by atomic mass is 28.4. The van der Waals surface area contributed by atoms with Gasteiger partial charge in [-0.1, -0.05) is 26.8 Å². The molecule has 0 aromatic heterocycles. The van der Waals surface area contributed by atoms with E-state index >= 15 is 0 Å². The van der Waals surface area contributed by atoms with Crippen LogP contribution in [-0.2, 0) is 18.6 Å². The summed E-state index contributed by atoms with van der Waals surface area (Å²) in [6.07, 6.45) is 2.20. The predicted molar refractivity (Wildman–Crippen MR) is 96.2 cm³/mol. The third-order valence-corrected chi connectivity index (χ3v) is 8.75. The Morgan fingerprint density at radius 1 is 1.13 bits per heavy atom. The minimum Gasteiger partial charge on any atom is -0.411 e. The van der Waals surface area contributed by atoms with Gasteiger partial charge in [-0.25, -0.2) is 0 Å². The molecule has 5 nitrogen and oxygen atoms in total. The normalized spacial score (nSPS) is 15.4. The number of hydrogen-bond donors (Lipinski definition) is 1. The Balaban J connectivity index is 4.20. The van der Waals surface area contributed by atoms with Crippen molar-refractivity contribution in [3.63, 3.8) is 0 Å². The summed E-state index contributed by atoms with van der Waals surface area (Å²) in [5.74, 6) is 0. The van der Waals surface area contributed by atoms with Crippen LogP contribution in [0.25, 0.3) is 0 Å². The standard InChI is InChI=1S/C17H36O5Si/c1-8-15(18)16(22-23(6,7)17(2,3)4)10-9-11-20-14-21-13-12-19-5/h8,15-16,18H,1,9-14H2,2-7H3/t15-,16-/m1/s1. The lowest BCUT2D eigenvalue weighted by Crippen LogP contribution is -2.46. The van der Waals surface area contributed by atoms with Gasteiger partial charge < -0.3 is 23.7 Å². The molecule has 0 saturated heterocycles. The van der Waals surface area contributed by atoms with Gasteiger partial charge in [0.05, 0.1) is 25.4 Å². The third kappa shape index (κ3) is 9.59. The smallest absolute Gasteiger partial charge is 0.192 e. The van der Waals surface area contributed by atoms with Crippen LogP contribution in [0.1, 0.15) is 33.6 Å². The van der Waals surface area contributed by atoms with Crippen molar-refractivity contribution in [1.82, 2.24) is 0 Å². The molecular formula is C17H36O5Si. The van der Waals surface area contributed by atoms with Crippen LogP contribution in [0.4, 0.5) is 0 Å². The van der Waals surface area contributed by atoms with Gasteiger partial charge in [0.25, 0.3) is 0 Å². The molecule has 23 heavy (non-hydrogen) atoms. The van der Waals surface area contributed by atoms with Crippen molar-refractivity contribution in [2.45, 2.75) is 64.0 Å². The highest BCUT2D eigenvalue weighted by Gasteiger charge is 2.40. The van der Waals surface area contributed by atoms with Crippen molar-refractivity contribution in [3.8, 4) is 0 Å². The van der Waals surface area contributed by atoms with E-state index in [0.29, 0.717) is 19.8 Å². The average molecular weight is 349 g/mol. The van der Waals surface area contributed by atoms with Gasteiger partial charge in [0, 0.05) is 13.7 Å². The van der Waals surface area contributed by atoms with Crippen molar-refractivity contribution in [2.75, 3.05) is 33.7 Å². The molecule has 0 unspecified atom stereocenters. The summed E-state index contributed by atoms with van der Waals surface area (Å²) in [6.45, 7) is 16.6. The van der Waals surface area contributed by atoms with Crippen LogP contribution in [-0.4, -0.2) is 59.4 Å². The van der Waals surface area contributed by atoms with Gasteiger partial charge in [-0.05, 0) is 31.0 Å². The van der Waals surface area contributed by atoms with E-state index in [4.69, 9.17) is 18.6 Å². The van der Waals surface area contributed by atoms with Gasteiger partial charge in [0.1, 0.15) is 6.79 Å². The Morgan fingerprint density at radius 2 is 1.74 bits per heavy atom. The molecule has 0 aliphatic carbocycles. The van der Waals surface area contributed by atoms with E-state index in [9.17, 15) is 5.11 Å². The van der Waals surface area contributed by atoms with Crippen LogP contribution >= 0.6 is 0 Å². The Kier molecular flexibility index (Phi) is 11.2. The zero-order valence-electron chi connectivity index (χ0n) is 15.8. The fourth-order valence-electron chi connectivity index (χ4n) is 1.71. The zero-order valence-corrected chi connectivity index (χ0v) is 16.8. The molecule has 0 aromatic rings. The number of methoxy groups -OCH3 is 1. The molecule has 0 radical (unpaired) electrons. The van der Waals surface area contributed by atoms with Crippen molar-refractivity contribution in [3.05, 3.63) is 12.7 Å². The van der Waals surface area contributed by atoms with Crippen molar-refractivity contribution >= 4 is 8.32 Å². The van der Waals surface area contributed by atoms with Gasteiger partial charge in [0.15, 0.2) is 8.32 Å². The van der Waals surface area contributed by atoms with Crippen LogP contribution in [0.15, 0.2) is 12.7 Å². The molecule has 0 rings (SSSR count). The molecule has 138 valence electrons. The zero-order chi connectivity index (χ0) is 17.9. The fraction of sp³-hybridized carbons (Fsp3) is 0.882. The average Bonchev–Trinajstić information content (AvgIpc) is 2.46. The van der Waals surface area contributed by atoms with Crippen LogP contribution in [0.3, 0.4) is 0 Å². The summed E-state index contributed by atoms with van der Waals surface area (Å²) < 4.78 is 21.9. The summed E-state index contributed by atoms with van der Waals surface area (Å²) in [4.78, 5) is 0. The first-order valence-corrected chi connectivity index (χ1v) is 11.2. The van der Waals surface area contributed by atoms with Gasteiger partial charge >= 0.3 is 0 Å². The number of ether oxygens (including phenoxy) is 3. The maximum Gasteiger partial charge on any atom is 0.192 e. The Morgan fingerprint density at radius 3 is 2.26 bits per heavy atom. The lowest BCUT2D eigenvalue weighted by molar-refractivity contribution is -0.0685. The first kappa shape index (κ1) is 22.8. The number of hydrogen-bond acceptors (Lipinski definition) is 5. The quantitative estimate of drug-likeness (QED) is 0.239. The minimum atomic E-state index is -1.92. The van der Waals surface area contributed by atoms with Crippen LogP contribution in [0, 0.1) is 0 Å². The number of aliphatic hydroxyl groups is 1. The Labute approximate surface area is 143 Å². The topological polar surface area (TPSA) is 57.2 Å². The number of rotatable bonds is 13. The van der Waals surface area contributed by atoms with E-state index in [0.717, 1.165) is 12.8 Å². The predicted octanol–water partition coefficient (Wildman–Crippen LogP) is 3.34. The van der Waals surface area contributed by atoms with Gasteiger partial charge in [0.2, 0.25) is 0 Å². The van der Waals surface area contributed by atoms with E-state index in [1.807, 2.05) is 0 Å². The van der Waals surface area contributed by atoms with Crippen LogP contribution in [0.5, 0.6) is 0 Å². The molecule has 0 aliphatic heterocycles. The first-order valence-electron chi connectivity index (χ1n) is 8.28. The molecule has 0 heterocycles. The minimum absolute atomic E-state index is 0.109. The molecule has 2 atom stereocenters. The lowest BCUT2D eigenvalue weighted by atomic mass is 10.1. The van der Waals surface area contributed by atoms with Crippen molar-refractivity contribution in [1.29, 1.82) is 0 Å². The molecule has 0 amide bonds. The molecule has 1 N–H and O–H groups in total. The summed E-state index contributed by atoms with van der Waals surface area (Å²) in [6, 6.07) is 0. The molecule has 0 spiro atoms. The first-order chi connectivity index (χ1) is 10.7. The van der Waals surface area contributed by atoms with Gasteiger partial charge in [-0.2, -0.15) is 0 Å². The molecule has 0 aliphatic rings. The summed E-state index contributed by atoms with van der Waals surface area (Å²) in [7, 11) is -0.288. The highest BCUT2D eigenvalue weighted by Crippen LogP contribution is 2.38. The van der Waals surface area contributed by atoms with E-state index in [-0.39, 0.29) is 17.9 Å². The molecule has 0 fully saturated rings. The third-order valence-electron chi connectivity index (χ3n) is 4.25. The summed E-state index contributed by atoms with van der Waals surface area (Å²) in [5, 5.41) is 10.3. The van der Waals surface area contributed by atoms with Crippen LogP contribution < -0.4 is 0 Å². The van der Waals surface area contributed by atoms with Crippen LogP contribution in [0.2, 0.25) is 18.1 Å². The Hall–Kier alpha value is -0.243. The van der Waals surface area contributed by atoms with Crippen molar-refractivity contribution < 1.29 is 23.7 Å². The van der Waals surface area contributed by atoms with E-state index < -0.39 is 14.4 Å². The van der Waals surface area contributed by atoms with Crippen molar-refractivity contribution in [2.24, 2.45) is 0 Å². The fourth-order valence-corrected chi connectivity index (χ4v) is 3.08. The Bertz CT molecular complexity index is 315. The molecule has 0 saturated carbocycles. The molecule has 0 aromatic carbocycles. The second-order valence-electron chi connectivity index (χ2n) is 7.21. The SMILES string of the molecule is C=C[C@@H](O)[C@@H](CCCOCOCCOC)O[Si](C)(C)C(C)(C)C. The van der Waals surface area contributed by atoms with Gasteiger partial charge in [-0.15, -0.1) is 6.58 Å². The second kappa shape index (κ2) is 11.3. The van der Waals surface area contributed by atoms with E-state index in [1.165, 1.54) is 0 Å². The molecule has 0 bridgehead atoms. The second-order valence-corrected chi connectivity index (χ2v) is 12.0. The largest absolute Gasteiger partial charge is 0.411 e. The van der Waals surface area contributed by atoms with E-state index in [1.54, 1.807) is 13.2 Å². The molecular weight excluding hydrogens is 312 g/mol. The van der Waals surface area contributed by atoms with Gasteiger partial charge in [-0.3, -0.25) is 0 Å². The summed E-state index contributed by atoms with van der Waals surface area (Å²) in [5.41, 5.74) is 0.